The number of aromatic nitrogens is 1. The number of rotatable bonds is 6. The summed E-state index contributed by atoms with van der Waals surface area (Å²) in [6, 6.07) is 16.2. The summed E-state index contributed by atoms with van der Waals surface area (Å²) >= 11 is 9.48. The molecule has 2 aliphatic rings. The molecule has 8 heteroatoms. The SMILES string of the molecule is Cc1ccc(-c2ccc([C@@H]3[C@H](c4ccccn4)NC(=S)N3CCN3CCOCC3)o2)c(Br)c1. The van der Waals surface area contributed by atoms with Gasteiger partial charge in [0.05, 0.1) is 24.9 Å². The number of halogens is 1. The van der Waals surface area contributed by atoms with Crippen molar-refractivity contribution >= 4 is 33.3 Å². The van der Waals surface area contributed by atoms with E-state index < -0.39 is 0 Å². The summed E-state index contributed by atoms with van der Waals surface area (Å²) in [4.78, 5) is 9.29. The molecule has 172 valence electrons. The first-order valence-electron chi connectivity index (χ1n) is 11.2. The number of ether oxygens (including phenoxy) is 1. The number of hydrogen-bond acceptors (Lipinski definition) is 5. The summed E-state index contributed by atoms with van der Waals surface area (Å²) in [7, 11) is 0. The smallest absolute Gasteiger partial charge is 0.170 e. The van der Waals surface area contributed by atoms with Crippen molar-refractivity contribution in [3.05, 3.63) is 76.2 Å². The zero-order valence-electron chi connectivity index (χ0n) is 18.5. The van der Waals surface area contributed by atoms with Crippen molar-refractivity contribution in [1.29, 1.82) is 0 Å². The maximum atomic E-state index is 6.46. The maximum Gasteiger partial charge on any atom is 0.170 e. The number of thiocarbonyl (C=S) groups is 1. The van der Waals surface area contributed by atoms with Gasteiger partial charge in [-0.1, -0.05) is 28.1 Å². The average molecular weight is 527 g/mol. The van der Waals surface area contributed by atoms with E-state index in [1.165, 1.54) is 5.56 Å². The van der Waals surface area contributed by atoms with Crippen molar-refractivity contribution in [3.8, 4) is 11.3 Å². The molecule has 0 saturated carbocycles. The van der Waals surface area contributed by atoms with Crippen LogP contribution in [-0.2, 0) is 4.74 Å². The third-order valence-corrected chi connectivity index (χ3v) is 7.28. The number of hydrogen-bond donors (Lipinski definition) is 1. The molecule has 0 unspecified atom stereocenters. The summed E-state index contributed by atoms with van der Waals surface area (Å²) in [5.41, 5.74) is 3.19. The van der Waals surface area contributed by atoms with E-state index in [9.17, 15) is 0 Å². The van der Waals surface area contributed by atoms with E-state index in [0.29, 0.717) is 0 Å². The molecule has 0 amide bonds. The Morgan fingerprint density at radius 2 is 1.97 bits per heavy atom. The first-order chi connectivity index (χ1) is 16.1. The molecule has 2 aliphatic heterocycles. The lowest BCUT2D eigenvalue weighted by atomic mass is 10.0. The summed E-state index contributed by atoms with van der Waals surface area (Å²) in [5.74, 6) is 1.71. The number of benzene rings is 1. The third-order valence-electron chi connectivity index (χ3n) is 6.27. The molecule has 5 rings (SSSR count). The van der Waals surface area contributed by atoms with Gasteiger partial charge in [-0.25, -0.2) is 0 Å². The molecule has 2 fully saturated rings. The highest BCUT2D eigenvalue weighted by Crippen LogP contribution is 2.41. The van der Waals surface area contributed by atoms with E-state index in [-0.39, 0.29) is 12.1 Å². The minimum absolute atomic E-state index is 0.0774. The lowest BCUT2D eigenvalue weighted by molar-refractivity contribution is 0.0347. The van der Waals surface area contributed by atoms with E-state index in [1.807, 2.05) is 30.5 Å². The minimum Gasteiger partial charge on any atom is -0.459 e. The van der Waals surface area contributed by atoms with Crippen LogP contribution in [0.5, 0.6) is 0 Å². The predicted molar refractivity (Wildman–Crippen MR) is 136 cm³/mol. The summed E-state index contributed by atoms with van der Waals surface area (Å²) < 4.78 is 13.0. The molecule has 0 bridgehead atoms. The molecule has 1 N–H and O–H groups in total. The van der Waals surface area contributed by atoms with Gasteiger partial charge in [-0.15, -0.1) is 0 Å². The molecule has 2 aromatic heterocycles. The van der Waals surface area contributed by atoms with E-state index in [1.54, 1.807) is 0 Å². The Kier molecular flexibility index (Phi) is 6.78. The number of morpholine rings is 1. The molecule has 2 atom stereocenters. The summed E-state index contributed by atoms with van der Waals surface area (Å²) in [6.07, 6.45) is 1.82. The Hall–Kier alpha value is -2.26. The molecule has 0 aliphatic carbocycles. The number of nitrogens with zero attached hydrogens (tertiary/aromatic N) is 3. The Morgan fingerprint density at radius 3 is 2.73 bits per heavy atom. The van der Waals surface area contributed by atoms with Crippen LogP contribution in [0.25, 0.3) is 11.3 Å². The number of aryl methyl sites for hydroxylation is 1. The van der Waals surface area contributed by atoms with Crippen molar-refractivity contribution in [1.82, 2.24) is 20.1 Å². The second-order valence-electron chi connectivity index (χ2n) is 8.46. The van der Waals surface area contributed by atoms with Crippen molar-refractivity contribution in [2.75, 3.05) is 39.4 Å². The van der Waals surface area contributed by atoms with Crippen LogP contribution in [0.15, 0.2) is 63.6 Å². The Labute approximate surface area is 208 Å². The van der Waals surface area contributed by atoms with Gasteiger partial charge in [-0.05, 0) is 61.1 Å². The number of pyridine rings is 1. The van der Waals surface area contributed by atoms with Gasteiger partial charge < -0.3 is 19.4 Å². The van der Waals surface area contributed by atoms with Gasteiger partial charge in [-0.2, -0.15) is 0 Å². The topological polar surface area (TPSA) is 53.8 Å². The molecular formula is C25H27BrN4O2S. The molecule has 0 radical (unpaired) electrons. The highest BCUT2D eigenvalue weighted by Gasteiger charge is 2.41. The normalized spacial score (nSPS) is 21.4. The van der Waals surface area contributed by atoms with Crippen LogP contribution in [0.2, 0.25) is 0 Å². The summed E-state index contributed by atoms with van der Waals surface area (Å²) in [5, 5.41) is 4.24. The van der Waals surface area contributed by atoms with Gasteiger partial charge in [0.2, 0.25) is 0 Å². The van der Waals surface area contributed by atoms with Crippen LogP contribution in [0.1, 0.15) is 29.1 Å². The molecule has 4 heterocycles. The maximum absolute atomic E-state index is 6.46. The Morgan fingerprint density at radius 1 is 1.12 bits per heavy atom. The molecule has 1 aromatic carbocycles. The van der Waals surface area contributed by atoms with Gasteiger partial charge in [0, 0.05) is 42.4 Å². The van der Waals surface area contributed by atoms with Crippen LogP contribution < -0.4 is 5.32 Å². The Bertz CT molecular complexity index is 1120. The average Bonchev–Trinajstić information content (AvgIpc) is 3.43. The Balaban J connectivity index is 1.45. The number of furan rings is 1. The monoisotopic (exact) mass is 526 g/mol. The quantitative estimate of drug-likeness (QED) is 0.466. The largest absolute Gasteiger partial charge is 0.459 e. The third kappa shape index (κ3) is 4.84. The zero-order valence-corrected chi connectivity index (χ0v) is 20.9. The first-order valence-corrected chi connectivity index (χ1v) is 12.4. The first kappa shape index (κ1) is 22.5. The highest BCUT2D eigenvalue weighted by molar-refractivity contribution is 9.10. The second kappa shape index (κ2) is 9.93. The van der Waals surface area contributed by atoms with E-state index in [4.69, 9.17) is 21.4 Å². The molecule has 0 spiro atoms. The van der Waals surface area contributed by atoms with Crippen molar-refractivity contribution in [3.63, 3.8) is 0 Å². The highest BCUT2D eigenvalue weighted by atomic mass is 79.9. The lowest BCUT2D eigenvalue weighted by Crippen LogP contribution is -2.42. The molecule has 3 aromatic rings. The van der Waals surface area contributed by atoms with Crippen LogP contribution in [0, 0.1) is 6.92 Å². The van der Waals surface area contributed by atoms with Crippen molar-refractivity contribution < 1.29 is 9.15 Å². The standard InChI is InChI=1S/C25H27BrN4O2S/c1-17-5-6-18(19(26)16-17)21-7-8-22(32-21)24-23(20-4-2-3-9-27-20)28-25(33)30(24)11-10-29-12-14-31-15-13-29/h2-9,16,23-24H,10-15H2,1H3,(H,28,33)/t23-,24+/m0/s1. The fraction of sp³-hybridized carbons (Fsp3) is 0.360. The molecule has 33 heavy (non-hydrogen) atoms. The lowest BCUT2D eigenvalue weighted by Gasteiger charge is -2.31. The summed E-state index contributed by atoms with van der Waals surface area (Å²) in [6.45, 7) is 7.30. The fourth-order valence-corrected chi connectivity index (χ4v) is 5.53. The van der Waals surface area contributed by atoms with Crippen LogP contribution >= 0.6 is 28.1 Å². The van der Waals surface area contributed by atoms with Gasteiger partial charge in [-0.3, -0.25) is 9.88 Å². The fourth-order valence-electron chi connectivity index (χ4n) is 4.51. The van der Waals surface area contributed by atoms with Crippen molar-refractivity contribution in [2.45, 2.75) is 19.0 Å². The zero-order chi connectivity index (χ0) is 22.8. The van der Waals surface area contributed by atoms with Crippen molar-refractivity contribution in [2.24, 2.45) is 0 Å². The van der Waals surface area contributed by atoms with E-state index in [0.717, 1.165) is 71.8 Å². The van der Waals surface area contributed by atoms with Crippen LogP contribution in [0.3, 0.4) is 0 Å². The van der Waals surface area contributed by atoms with Gasteiger partial charge in [0.15, 0.2) is 5.11 Å². The van der Waals surface area contributed by atoms with Gasteiger partial charge in [0.1, 0.15) is 17.6 Å². The minimum atomic E-state index is -0.0798. The molecule has 2 saturated heterocycles. The molecular weight excluding hydrogens is 500 g/mol. The molecule has 6 nitrogen and oxygen atoms in total. The van der Waals surface area contributed by atoms with Crippen LogP contribution in [0.4, 0.5) is 0 Å². The van der Waals surface area contributed by atoms with Gasteiger partial charge >= 0.3 is 0 Å². The number of nitrogens with one attached hydrogen (secondary N) is 1. The van der Waals surface area contributed by atoms with E-state index in [2.05, 4.69) is 67.2 Å². The predicted octanol–water partition coefficient (Wildman–Crippen LogP) is 4.72. The van der Waals surface area contributed by atoms with Gasteiger partial charge in [0.25, 0.3) is 0 Å². The van der Waals surface area contributed by atoms with Crippen LogP contribution in [-0.4, -0.2) is 59.3 Å². The van der Waals surface area contributed by atoms with E-state index >= 15 is 0 Å². The second-order valence-corrected chi connectivity index (χ2v) is 9.70.